The minimum Gasteiger partial charge on any atom is -0.491 e. The van der Waals surface area contributed by atoms with Crippen LogP contribution in [0.4, 0.5) is 11.5 Å². The maximum atomic E-state index is 9.72. The summed E-state index contributed by atoms with van der Waals surface area (Å²) in [6, 6.07) is 3.80. The molecule has 3 aromatic rings. The average molecular weight is 412 g/mol. The first-order valence-electron chi connectivity index (χ1n) is 9.57. The molecular weight excluding hydrogens is 390 g/mol. The lowest BCUT2D eigenvalue weighted by Gasteiger charge is -2.36. The Morgan fingerprint density at radius 1 is 1.38 bits per heavy atom. The van der Waals surface area contributed by atoms with Gasteiger partial charge in [-0.3, -0.25) is 0 Å². The summed E-state index contributed by atoms with van der Waals surface area (Å²) in [5.74, 6) is 1.07. The van der Waals surface area contributed by atoms with Crippen molar-refractivity contribution in [1.82, 2.24) is 19.7 Å². The fraction of sp³-hybridized carbons (Fsp3) is 0.400. The minimum absolute atomic E-state index is 0.243. The standard InChI is InChI=1S/C20H22ClN7O/c1-4-29-18-13(8-15(21)14(9-22)17(18)27-6-5-7-27)12(3)28-20-16(11(2)26-28)19(23)24-10-25-20/h8,10,12H,4-7H2,1-3H3,(H2,23,24,25). The second kappa shape index (κ2) is 7.41. The van der Waals surface area contributed by atoms with E-state index >= 15 is 0 Å². The van der Waals surface area contributed by atoms with Crippen LogP contribution in [0.2, 0.25) is 5.02 Å². The van der Waals surface area contributed by atoms with Crippen LogP contribution < -0.4 is 15.4 Å². The summed E-state index contributed by atoms with van der Waals surface area (Å²) in [4.78, 5) is 10.6. The SMILES string of the molecule is CCOc1c(C(C)n2nc(C)c3c(N)ncnc32)cc(Cl)c(C#N)c1N1CCC1. The largest absolute Gasteiger partial charge is 0.491 e. The molecule has 0 amide bonds. The monoisotopic (exact) mass is 411 g/mol. The van der Waals surface area contributed by atoms with Gasteiger partial charge in [-0.15, -0.1) is 0 Å². The lowest BCUT2D eigenvalue weighted by atomic mass is 9.99. The van der Waals surface area contributed by atoms with Crippen molar-refractivity contribution in [3.05, 3.63) is 34.2 Å². The van der Waals surface area contributed by atoms with E-state index in [-0.39, 0.29) is 6.04 Å². The maximum absolute atomic E-state index is 9.72. The third-order valence-corrected chi connectivity index (χ3v) is 5.62. The molecule has 3 heterocycles. The normalized spacial score (nSPS) is 14.5. The van der Waals surface area contributed by atoms with Gasteiger partial charge in [0.2, 0.25) is 0 Å². The Labute approximate surface area is 173 Å². The van der Waals surface area contributed by atoms with E-state index in [2.05, 4.69) is 26.0 Å². The number of halogens is 1. The zero-order valence-electron chi connectivity index (χ0n) is 16.6. The Kier molecular flexibility index (Phi) is 4.92. The molecular formula is C20H22ClN7O. The van der Waals surface area contributed by atoms with Crippen molar-refractivity contribution in [2.24, 2.45) is 0 Å². The van der Waals surface area contributed by atoms with Gasteiger partial charge in [0.15, 0.2) is 5.65 Å². The van der Waals surface area contributed by atoms with Crippen LogP contribution in [0.3, 0.4) is 0 Å². The molecule has 1 aliphatic rings. The number of fused-ring (bicyclic) bond motifs is 1. The maximum Gasteiger partial charge on any atom is 0.164 e. The quantitative estimate of drug-likeness (QED) is 0.685. The van der Waals surface area contributed by atoms with Crippen LogP contribution in [0.25, 0.3) is 11.0 Å². The van der Waals surface area contributed by atoms with Crippen LogP contribution in [0, 0.1) is 18.3 Å². The van der Waals surface area contributed by atoms with Gasteiger partial charge in [-0.2, -0.15) is 10.4 Å². The third kappa shape index (κ3) is 3.02. The van der Waals surface area contributed by atoms with Gasteiger partial charge in [0.25, 0.3) is 0 Å². The molecule has 29 heavy (non-hydrogen) atoms. The Hall–Kier alpha value is -3.05. The van der Waals surface area contributed by atoms with Crippen LogP contribution in [0.15, 0.2) is 12.4 Å². The molecule has 8 nitrogen and oxygen atoms in total. The molecule has 0 spiro atoms. The lowest BCUT2D eigenvalue weighted by Crippen LogP contribution is -2.38. The van der Waals surface area contributed by atoms with E-state index in [1.54, 1.807) is 6.07 Å². The topological polar surface area (TPSA) is 106 Å². The number of aromatic nitrogens is 4. The van der Waals surface area contributed by atoms with Gasteiger partial charge < -0.3 is 15.4 Å². The minimum atomic E-state index is -0.243. The molecule has 0 bridgehead atoms. The van der Waals surface area contributed by atoms with Crippen LogP contribution >= 0.6 is 11.6 Å². The number of anilines is 2. The fourth-order valence-electron chi connectivity index (χ4n) is 3.76. The van der Waals surface area contributed by atoms with Gasteiger partial charge in [-0.1, -0.05) is 11.6 Å². The molecule has 1 unspecified atom stereocenters. The second-order valence-electron chi connectivity index (χ2n) is 7.05. The number of nitriles is 1. The number of rotatable bonds is 5. The Morgan fingerprint density at radius 3 is 2.76 bits per heavy atom. The summed E-state index contributed by atoms with van der Waals surface area (Å²) in [6.45, 7) is 8.03. The van der Waals surface area contributed by atoms with Crippen molar-refractivity contribution >= 4 is 34.1 Å². The molecule has 1 fully saturated rings. The number of nitrogens with zero attached hydrogens (tertiary/aromatic N) is 6. The van der Waals surface area contributed by atoms with Crippen molar-refractivity contribution in [3.63, 3.8) is 0 Å². The molecule has 1 aliphatic heterocycles. The second-order valence-corrected chi connectivity index (χ2v) is 7.46. The van der Waals surface area contributed by atoms with E-state index in [9.17, 15) is 5.26 Å². The van der Waals surface area contributed by atoms with Crippen molar-refractivity contribution in [1.29, 1.82) is 5.26 Å². The van der Waals surface area contributed by atoms with Gasteiger partial charge in [0.1, 0.15) is 24.0 Å². The highest BCUT2D eigenvalue weighted by atomic mass is 35.5. The molecule has 1 saturated heterocycles. The van der Waals surface area contributed by atoms with Crippen molar-refractivity contribution in [2.75, 3.05) is 30.3 Å². The molecule has 1 aromatic carbocycles. The number of hydrogen-bond acceptors (Lipinski definition) is 7. The molecule has 1 atom stereocenters. The predicted molar refractivity (Wildman–Crippen MR) is 112 cm³/mol. The molecule has 9 heteroatoms. The number of nitrogen functional groups attached to an aromatic ring is 1. The van der Waals surface area contributed by atoms with Crippen LogP contribution in [-0.4, -0.2) is 39.4 Å². The third-order valence-electron chi connectivity index (χ3n) is 5.32. The van der Waals surface area contributed by atoms with Gasteiger partial charge >= 0.3 is 0 Å². The molecule has 2 aromatic heterocycles. The first kappa shape index (κ1) is 19.3. The predicted octanol–water partition coefficient (Wildman–Crippen LogP) is 3.46. The van der Waals surface area contributed by atoms with Gasteiger partial charge in [0, 0.05) is 18.7 Å². The Balaban J connectivity index is 1.94. The smallest absolute Gasteiger partial charge is 0.164 e. The average Bonchev–Trinajstić information content (AvgIpc) is 3.00. The summed E-state index contributed by atoms with van der Waals surface area (Å²) in [5, 5.41) is 15.5. The van der Waals surface area contributed by atoms with E-state index in [0.717, 1.165) is 41.8 Å². The lowest BCUT2D eigenvalue weighted by molar-refractivity contribution is 0.331. The van der Waals surface area contributed by atoms with Crippen molar-refractivity contribution < 1.29 is 4.74 Å². The van der Waals surface area contributed by atoms with E-state index in [1.807, 2.05) is 25.5 Å². The first-order chi connectivity index (χ1) is 14.0. The van der Waals surface area contributed by atoms with Crippen molar-refractivity contribution in [3.8, 4) is 11.8 Å². The number of benzene rings is 1. The van der Waals surface area contributed by atoms with Gasteiger partial charge in [-0.05, 0) is 33.3 Å². The first-order valence-corrected chi connectivity index (χ1v) is 9.95. The van der Waals surface area contributed by atoms with E-state index in [4.69, 9.17) is 22.1 Å². The van der Waals surface area contributed by atoms with E-state index in [1.165, 1.54) is 6.33 Å². The zero-order chi connectivity index (χ0) is 20.7. The summed E-state index contributed by atoms with van der Waals surface area (Å²) >= 11 is 6.53. The zero-order valence-corrected chi connectivity index (χ0v) is 17.4. The van der Waals surface area contributed by atoms with Gasteiger partial charge in [-0.25, -0.2) is 14.6 Å². The highest BCUT2D eigenvalue weighted by molar-refractivity contribution is 6.32. The number of hydrogen-bond donors (Lipinski definition) is 1. The van der Waals surface area contributed by atoms with Gasteiger partial charge in [0.05, 0.1) is 40.0 Å². The summed E-state index contributed by atoms with van der Waals surface area (Å²) < 4.78 is 7.87. The van der Waals surface area contributed by atoms with E-state index in [0.29, 0.717) is 34.4 Å². The summed E-state index contributed by atoms with van der Waals surface area (Å²) in [6.07, 6.45) is 2.51. The highest BCUT2D eigenvalue weighted by Crippen LogP contribution is 2.45. The number of ether oxygens (including phenoxy) is 1. The molecule has 2 N–H and O–H groups in total. The summed E-state index contributed by atoms with van der Waals surface area (Å²) in [7, 11) is 0. The molecule has 0 aliphatic carbocycles. The van der Waals surface area contributed by atoms with Crippen LogP contribution in [0.5, 0.6) is 5.75 Å². The fourth-order valence-corrected chi connectivity index (χ4v) is 4.01. The number of aryl methyl sites for hydroxylation is 1. The van der Waals surface area contributed by atoms with Crippen molar-refractivity contribution in [2.45, 2.75) is 33.2 Å². The summed E-state index contributed by atoms with van der Waals surface area (Å²) in [5.41, 5.74) is 9.50. The van der Waals surface area contributed by atoms with E-state index < -0.39 is 0 Å². The molecule has 150 valence electrons. The molecule has 4 rings (SSSR count). The molecule has 0 radical (unpaired) electrons. The number of nitrogens with two attached hydrogens (primary N) is 1. The van der Waals surface area contributed by atoms with Crippen LogP contribution in [-0.2, 0) is 0 Å². The molecule has 0 saturated carbocycles. The Morgan fingerprint density at radius 2 is 2.14 bits per heavy atom. The Bertz CT molecular complexity index is 1130. The highest BCUT2D eigenvalue weighted by Gasteiger charge is 2.30. The van der Waals surface area contributed by atoms with Crippen LogP contribution in [0.1, 0.15) is 43.1 Å².